The molecule has 4 nitrogen and oxygen atoms in total. The molecule has 20 heavy (non-hydrogen) atoms. The molecule has 0 aliphatic heterocycles. The second-order valence-corrected chi connectivity index (χ2v) is 7.21. The van der Waals surface area contributed by atoms with Gasteiger partial charge in [-0.25, -0.2) is 13.1 Å². The highest BCUT2D eigenvalue weighted by Gasteiger charge is 2.22. The molecule has 0 bridgehead atoms. The maximum absolute atomic E-state index is 12.3. The van der Waals surface area contributed by atoms with Gasteiger partial charge in [0.05, 0.1) is 5.02 Å². The first kappa shape index (κ1) is 19.7. The molecule has 0 aromatic heterocycles. The van der Waals surface area contributed by atoms with Gasteiger partial charge in [-0.1, -0.05) is 31.5 Å². The molecule has 1 aromatic rings. The average molecular weight is 341 g/mol. The lowest BCUT2D eigenvalue weighted by atomic mass is 10.1. The van der Waals surface area contributed by atoms with Gasteiger partial charge in [-0.3, -0.25) is 0 Å². The Hall–Kier alpha value is -0.330. The molecule has 0 heterocycles. The van der Waals surface area contributed by atoms with Crippen LogP contribution in [0.2, 0.25) is 5.02 Å². The summed E-state index contributed by atoms with van der Waals surface area (Å²) in [6.07, 6.45) is 0.694. The van der Waals surface area contributed by atoms with E-state index < -0.39 is 10.0 Å². The van der Waals surface area contributed by atoms with Gasteiger partial charge in [-0.2, -0.15) is 0 Å². The quantitative estimate of drug-likeness (QED) is 0.836. The Bertz CT molecular complexity index is 533. The summed E-state index contributed by atoms with van der Waals surface area (Å²) in [6.45, 7) is 6.14. The number of sulfonamides is 1. The number of benzene rings is 1. The first-order valence-corrected chi connectivity index (χ1v) is 8.11. The molecule has 1 rings (SSSR count). The SMILES string of the molecule is Cc1ccc(Cl)c(S(=O)(=O)NC(CN)CC(C)C)c1.Cl. The standard InChI is InChI=1S/C13H21ClN2O2S.ClH/c1-9(2)6-11(8-15)16-19(17,18)13-7-10(3)4-5-12(13)14;/h4-5,7,9,11,16H,6,8,15H2,1-3H3;1H. The zero-order valence-electron chi connectivity index (χ0n) is 11.9. The molecule has 3 N–H and O–H groups in total. The van der Waals surface area contributed by atoms with Crippen LogP contribution in [0.25, 0.3) is 0 Å². The Balaban J connectivity index is 0.00000361. The highest BCUT2D eigenvalue weighted by molar-refractivity contribution is 7.89. The first-order chi connectivity index (χ1) is 8.76. The number of aryl methyl sites for hydroxylation is 1. The van der Waals surface area contributed by atoms with Crippen LogP contribution in [0.1, 0.15) is 25.8 Å². The lowest BCUT2D eigenvalue weighted by Gasteiger charge is -2.19. The summed E-state index contributed by atoms with van der Waals surface area (Å²) in [4.78, 5) is 0.108. The maximum atomic E-state index is 12.3. The minimum Gasteiger partial charge on any atom is -0.329 e. The molecule has 7 heteroatoms. The van der Waals surface area contributed by atoms with Crippen LogP contribution in [0.3, 0.4) is 0 Å². The molecule has 0 aliphatic rings. The first-order valence-electron chi connectivity index (χ1n) is 6.24. The Morgan fingerprint density at radius 1 is 1.35 bits per heavy atom. The van der Waals surface area contributed by atoms with Gasteiger partial charge in [0.2, 0.25) is 10.0 Å². The summed E-state index contributed by atoms with van der Waals surface area (Å²) < 4.78 is 27.2. The third-order valence-corrected chi connectivity index (χ3v) is 4.74. The fourth-order valence-corrected chi connectivity index (χ4v) is 3.71. The molecule has 1 unspecified atom stereocenters. The van der Waals surface area contributed by atoms with E-state index in [9.17, 15) is 8.42 Å². The zero-order chi connectivity index (χ0) is 14.6. The summed E-state index contributed by atoms with van der Waals surface area (Å²) in [5.74, 6) is 0.365. The minimum absolute atomic E-state index is 0. The van der Waals surface area contributed by atoms with Crippen molar-refractivity contribution >= 4 is 34.0 Å². The molecule has 0 amide bonds. The maximum Gasteiger partial charge on any atom is 0.242 e. The fourth-order valence-electron chi connectivity index (χ4n) is 1.86. The van der Waals surface area contributed by atoms with E-state index in [1.807, 2.05) is 20.8 Å². The van der Waals surface area contributed by atoms with Gasteiger partial charge in [0.25, 0.3) is 0 Å². The lowest BCUT2D eigenvalue weighted by molar-refractivity contribution is 0.465. The highest BCUT2D eigenvalue weighted by Crippen LogP contribution is 2.22. The van der Waals surface area contributed by atoms with Crippen molar-refractivity contribution in [2.75, 3.05) is 6.54 Å². The summed E-state index contributed by atoms with van der Waals surface area (Å²) in [5.41, 5.74) is 6.46. The van der Waals surface area contributed by atoms with Crippen LogP contribution < -0.4 is 10.5 Å². The third-order valence-electron chi connectivity index (χ3n) is 2.74. The van der Waals surface area contributed by atoms with E-state index in [4.69, 9.17) is 17.3 Å². The molecular formula is C13H22Cl2N2O2S. The Kier molecular flexibility index (Phi) is 8.06. The van der Waals surface area contributed by atoms with Crippen molar-refractivity contribution in [2.45, 2.75) is 38.1 Å². The predicted octanol–water partition coefficient (Wildman–Crippen LogP) is 2.72. The van der Waals surface area contributed by atoms with E-state index >= 15 is 0 Å². The highest BCUT2D eigenvalue weighted by atomic mass is 35.5. The molecule has 1 atom stereocenters. The van der Waals surface area contributed by atoms with Gasteiger partial charge in [-0.05, 0) is 37.0 Å². The van der Waals surface area contributed by atoms with Crippen LogP contribution in [0, 0.1) is 12.8 Å². The van der Waals surface area contributed by atoms with E-state index in [0.29, 0.717) is 12.3 Å². The predicted molar refractivity (Wildman–Crippen MR) is 86.1 cm³/mol. The van der Waals surface area contributed by atoms with Crippen molar-refractivity contribution in [2.24, 2.45) is 11.7 Å². The van der Waals surface area contributed by atoms with Crippen molar-refractivity contribution in [3.05, 3.63) is 28.8 Å². The van der Waals surface area contributed by atoms with Crippen molar-refractivity contribution in [3.8, 4) is 0 Å². The fraction of sp³-hybridized carbons (Fsp3) is 0.538. The Morgan fingerprint density at radius 2 is 1.95 bits per heavy atom. The summed E-state index contributed by atoms with van der Waals surface area (Å²) >= 11 is 5.96. The van der Waals surface area contributed by atoms with Crippen molar-refractivity contribution in [3.63, 3.8) is 0 Å². The Labute approximate surface area is 132 Å². The monoisotopic (exact) mass is 340 g/mol. The zero-order valence-corrected chi connectivity index (χ0v) is 14.3. The normalized spacial score (nSPS) is 13.1. The van der Waals surface area contributed by atoms with E-state index in [-0.39, 0.29) is 34.9 Å². The smallest absolute Gasteiger partial charge is 0.242 e. The van der Waals surface area contributed by atoms with Gasteiger partial charge in [0.15, 0.2) is 0 Å². The number of nitrogens with two attached hydrogens (primary N) is 1. The van der Waals surface area contributed by atoms with Crippen molar-refractivity contribution in [1.29, 1.82) is 0 Å². The second-order valence-electron chi connectivity index (χ2n) is 5.12. The van der Waals surface area contributed by atoms with Gasteiger partial charge >= 0.3 is 0 Å². The summed E-state index contributed by atoms with van der Waals surface area (Å²) in [6, 6.07) is 4.65. The number of halogens is 2. The van der Waals surface area contributed by atoms with Crippen LogP contribution in [0.5, 0.6) is 0 Å². The third kappa shape index (κ3) is 5.58. The Morgan fingerprint density at radius 3 is 2.45 bits per heavy atom. The summed E-state index contributed by atoms with van der Waals surface area (Å²) in [5, 5.41) is 0.221. The van der Waals surface area contributed by atoms with Crippen LogP contribution in [0.15, 0.2) is 23.1 Å². The second kappa shape index (κ2) is 8.20. The van der Waals surface area contributed by atoms with E-state index in [1.54, 1.807) is 18.2 Å². The van der Waals surface area contributed by atoms with Gasteiger partial charge in [0.1, 0.15) is 4.90 Å². The van der Waals surface area contributed by atoms with E-state index in [0.717, 1.165) is 5.56 Å². The molecule has 0 saturated heterocycles. The van der Waals surface area contributed by atoms with Crippen molar-refractivity contribution < 1.29 is 8.42 Å². The molecule has 0 fully saturated rings. The summed E-state index contributed by atoms with van der Waals surface area (Å²) in [7, 11) is -3.63. The molecule has 0 radical (unpaired) electrons. The number of nitrogens with one attached hydrogen (secondary N) is 1. The average Bonchev–Trinajstić information content (AvgIpc) is 2.30. The van der Waals surface area contributed by atoms with Gasteiger partial charge < -0.3 is 5.73 Å². The number of hydrogen-bond donors (Lipinski definition) is 2. The number of rotatable bonds is 6. The molecule has 0 saturated carbocycles. The topological polar surface area (TPSA) is 72.2 Å². The molecule has 0 spiro atoms. The van der Waals surface area contributed by atoms with Crippen molar-refractivity contribution in [1.82, 2.24) is 4.72 Å². The number of hydrogen-bond acceptors (Lipinski definition) is 3. The van der Waals surface area contributed by atoms with Crippen LogP contribution >= 0.6 is 24.0 Å². The van der Waals surface area contributed by atoms with E-state index in [2.05, 4.69) is 4.72 Å². The lowest BCUT2D eigenvalue weighted by Crippen LogP contribution is -2.41. The molecule has 0 aliphatic carbocycles. The largest absolute Gasteiger partial charge is 0.329 e. The van der Waals surface area contributed by atoms with Crippen LogP contribution in [0.4, 0.5) is 0 Å². The molecular weight excluding hydrogens is 319 g/mol. The minimum atomic E-state index is -3.63. The van der Waals surface area contributed by atoms with Crippen LogP contribution in [-0.4, -0.2) is 21.0 Å². The molecule has 116 valence electrons. The van der Waals surface area contributed by atoms with Crippen LogP contribution in [-0.2, 0) is 10.0 Å². The van der Waals surface area contributed by atoms with E-state index in [1.165, 1.54) is 0 Å². The van der Waals surface area contributed by atoms with Gasteiger partial charge in [-0.15, -0.1) is 12.4 Å². The molecule has 1 aromatic carbocycles. The van der Waals surface area contributed by atoms with Gasteiger partial charge in [0, 0.05) is 12.6 Å².